The lowest BCUT2D eigenvalue weighted by Crippen LogP contribution is -2.37. The number of aliphatic imine (C=N–C) groups is 1. The van der Waals surface area contributed by atoms with Crippen molar-refractivity contribution in [3.05, 3.63) is 38.0 Å². The van der Waals surface area contributed by atoms with Crippen molar-refractivity contribution in [1.82, 2.24) is 15.6 Å². The molecule has 0 unspecified atom stereocenters. The molecule has 0 bridgehead atoms. The number of rotatable bonds is 8. The van der Waals surface area contributed by atoms with Gasteiger partial charge in [-0.05, 0) is 38.8 Å². The first kappa shape index (κ1) is 21.4. The highest BCUT2D eigenvalue weighted by atomic mass is 127. The minimum absolute atomic E-state index is 0. The van der Waals surface area contributed by atoms with Gasteiger partial charge in [0.2, 0.25) is 0 Å². The third-order valence-electron chi connectivity index (χ3n) is 3.33. The fourth-order valence-corrected chi connectivity index (χ4v) is 3.86. The van der Waals surface area contributed by atoms with Gasteiger partial charge < -0.3 is 10.6 Å². The molecule has 2 heterocycles. The van der Waals surface area contributed by atoms with Gasteiger partial charge in [0.05, 0.1) is 11.6 Å². The van der Waals surface area contributed by atoms with Gasteiger partial charge in [-0.25, -0.2) is 9.98 Å². The molecule has 0 spiro atoms. The average Bonchev–Trinajstić information content (AvgIpc) is 3.17. The molecule has 2 aromatic heterocycles. The summed E-state index contributed by atoms with van der Waals surface area (Å²) in [5, 5.41) is 10.0. The number of guanidine groups is 1. The lowest BCUT2D eigenvalue weighted by Gasteiger charge is -2.10. The maximum Gasteiger partial charge on any atom is 0.191 e. The van der Waals surface area contributed by atoms with E-state index in [0.29, 0.717) is 0 Å². The maximum absolute atomic E-state index is 4.67. The highest BCUT2D eigenvalue weighted by Gasteiger charge is 2.02. The molecule has 0 aliphatic heterocycles. The van der Waals surface area contributed by atoms with Crippen molar-refractivity contribution in [2.45, 2.75) is 46.6 Å². The van der Waals surface area contributed by atoms with Crippen LogP contribution in [-0.2, 0) is 19.4 Å². The number of aryl methyl sites for hydroxylation is 3. The van der Waals surface area contributed by atoms with Gasteiger partial charge in [-0.15, -0.1) is 46.7 Å². The summed E-state index contributed by atoms with van der Waals surface area (Å²) in [5.41, 5.74) is 1.12. The molecule has 24 heavy (non-hydrogen) atoms. The smallest absolute Gasteiger partial charge is 0.191 e. The average molecular weight is 478 g/mol. The molecule has 7 heteroatoms. The first-order valence-corrected chi connectivity index (χ1v) is 9.91. The van der Waals surface area contributed by atoms with Crippen LogP contribution in [0.5, 0.6) is 0 Å². The Hall–Kier alpha value is -0.670. The van der Waals surface area contributed by atoms with Crippen LogP contribution in [0.3, 0.4) is 0 Å². The summed E-state index contributed by atoms with van der Waals surface area (Å²) in [6.07, 6.45) is 3.19. The summed E-state index contributed by atoms with van der Waals surface area (Å²) < 4.78 is 0. The lowest BCUT2D eigenvalue weighted by atomic mass is 10.3. The molecule has 2 aromatic rings. The van der Waals surface area contributed by atoms with Crippen molar-refractivity contribution in [2.75, 3.05) is 13.1 Å². The van der Waals surface area contributed by atoms with Gasteiger partial charge in [0.25, 0.3) is 0 Å². The van der Waals surface area contributed by atoms with Gasteiger partial charge in [0.1, 0.15) is 0 Å². The summed E-state index contributed by atoms with van der Waals surface area (Å²) in [6.45, 7) is 8.86. The van der Waals surface area contributed by atoms with E-state index in [9.17, 15) is 0 Å². The first-order valence-electron chi connectivity index (χ1n) is 8.22. The van der Waals surface area contributed by atoms with Crippen molar-refractivity contribution < 1.29 is 0 Å². The van der Waals surface area contributed by atoms with Crippen LogP contribution < -0.4 is 10.6 Å². The van der Waals surface area contributed by atoms with E-state index in [-0.39, 0.29) is 24.0 Å². The van der Waals surface area contributed by atoms with Gasteiger partial charge in [-0.3, -0.25) is 0 Å². The minimum Gasteiger partial charge on any atom is -0.357 e. The van der Waals surface area contributed by atoms with Crippen LogP contribution in [0.2, 0.25) is 0 Å². The molecule has 0 atom stereocenters. The zero-order valence-electron chi connectivity index (χ0n) is 14.6. The van der Waals surface area contributed by atoms with Crippen LogP contribution in [0.4, 0.5) is 0 Å². The fraction of sp³-hybridized carbons (Fsp3) is 0.529. The van der Waals surface area contributed by atoms with Gasteiger partial charge in [0.15, 0.2) is 5.96 Å². The van der Waals surface area contributed by atoms with E-state index in [1.807, 2.05) is 18.3 Å². The summed E-state index contributed by atoms with van der Waals surface area (Å²) >= 11 is 3.60. The molecule has 0 saturated heterocycles. The SMILES string of the molecule is CCNC(=NCc1ccc(CC)s1)NCCCc1nc(C)cs1.I. The Morgan fingerprint density at radius 2 is 2.00 bits per heavy atom. The first-order chi connectivity index (χ1) is 11.2. The number of aromatic nitrogens is 1. The van der Waals surface area contributed by atoms with E-state index >= 15 is 0 Å². The van der Waals surface area contributed by atoms with E-state index in [2.05, 4.69) is 52.0 Å². The molecule has 4 nitrogen and oxygen atoms in total. The molecule has 2 rings (SSSR count). The van der Waals surface area contributed by atoms with Crippen molar-refractivity contribution in [3.63, 3.8) is 0 Å². The zero-order valence-corrected chi connectivity index (χ0v) is 18.6. The van der Waals surface area contributed by atoms with Crippen LogP contribution >= 0.6 is 46.7 Å². The molecule has 0 aromatic carbocycles. The molecule has 0 aliphatic rings. The second-order valence-corrected chi connectivity index (χ2v) is 7.53. The minimum atomic E-state index is 0. The van der Waals surface area contributed by atoms with Crippen molar-refractivity contribution in [1.29, 1.82) is 0 Å². The van der Waals surface area contributed by atoms with Gasteiger partial charge in [0, 0.05) is 40.3 Å². The molecule has 2 N–H and O–H groups in total. The largest absolute Gasteiger partial charge is 0.357 e. The van der Waals surface area contributed by atoms with Crippen molar-refractivity contribution in [2.24, 2.45) is 4.99 Å². The summed E-state index contributed by atoms with van der Waals surface area (Å²) in [6, 6.07) is 4.38. The predicted molar refractivity (Wildman–Crippen MR) is 117 cm³/mol. The van der Waals surface area contributed by atoms with Crippen molar-refractivity contribution in [3.8, 4) is 0 Å². The number of hydrogen-bond acceptors (Lipinski definition) is 4. The molecule has 0 fully saturated rings. The van der Waals surface area contributed by atoms with Crippen molar-refractivity contribution >= 4 is 52.6 Å². The molecule has 134 valence electrons. The number of halogens is 1. The third-order valence-corrected chi connectivity index (χ3v) is 5.57. The van der Waals surface area contributed by atoms with Crippen LogP contribution in [0.25, 0.3) is 0 Å². The quantitative estimate of drug-likeness (QED) is 0.256. The van der Waals surface area contributed by atoms with E-state index < -0.39 is 0 Å². The third kappa shape index (κ3) is 7.48. The number of thiazole rings is 1. The number of hydrogen-bond donors (Lipinski definition) is 2. The number of nitrogens with zero attached hydrogens (tertiary/aromatic N) is 2. The molecule has 0 aliphatic carbocycles. The highest BCUT2D eigenvalue weighted by Crippen LogP contribution is 2.17. The van der Waals surface area contributed by atoms with Gasteiger partial charge in [-0.1, -0.05) is 6.92 Å². The van der Waals surface area contributed by atoms with Crippen LogP contribution in [0, 0.1) is 6.92 Å². The second kappa shape index (κ2) is 11.8. The Kier molecular flexibility index (Phi) is 10.5. The Labute approximate surface area is 170 Å². The maximum atomic E-state index is 4.67. The monoisotopic (exact) mass is 478 g/mol. The van der Waals surface area contributed by atoms with Gasteiger partial charge in [-0.2, -0.15) is 0 Å². The van der Waals surface area contributed by atoms with Crippen LogP contribution in [0.15, 0.2) is 22.5 Å². The van der Waals surface area contributed by atoms with E-state index in [0.717, 1.165) is 50.6 Å². The second-order valence-electron chi connectivity index (χ2n) is 5.33. The van der Waals surface area contributed by atoms with Crippen LogP contribution in [0.1, 0.15) is 40.7 Å². The molecular weight excluding hydrogens is 451 g/mol. The Bertz CT molecular complexity index is 622. The summed E-state index contributed by atoms with van der Waals surface area (Å²) in [5.74, 6) is 0.897. The number of nitrogens with one attached hydrogen (secondary N) is 2. The zero-order chi connectivity index (χ0) is 16.5. The Morgan fingerprint density at radius 3 is 2.62 bits per heavy atom. The molecule has 0 amide bonds. The number of thiophene rings is 1. The predicted octanol–water partition coefficient (Wildman–Crippen LogP) is 4.38. The topological polar surface area (TPSA) is 49.3 Å². The van der Waals surface area contributed by atoms with Crippen LogP contribution in [-0.4, -0.2) is 24.0 Å². The summed E-state index contributed by atoms with van der Waals surface area (Å²) in [4.78, 5) is 11.9. The summed E-state index contributed by atoms with van der Waals surface area (Å²) in [7, 11) is 0. The Balaban J connectivity index is 0.00000288. The van der Waals surface area contributed by atoms with E-state index in [1.165, 1.54) is 14.8 Å². The van der Waals surface area contributed by atoms with E-state index in [1.54, 1.807) is 11.3 Å². The normalized spacial score (nSPS) is 11.2. The standard InChI is InChI=1S/C17H26N4S2.HI/c1-4-14-8-9-15(23-14)11-20-17(18-5-2)19-10-6-7-16-21-13(3)12-22-16;/h8-9,12H,4-7,10-11H2,1-3H3,(H2,18,19,20);1H. The highest BCUT2D eigenvalue weighted by molar-refractivity contribution is 14.0. The van der Waals surface area contributed by atoms with E-state index in [4.69, 9.17) is 0 Å². The molecule has 0 saturated carbocycles. The fourth-order valence-electron chi connectivity index (χ4n) is 2.16. The lowest BCUT2D eigenvalue weighted by molar-refractivity contribution is 0.741. The van der Waals surface area contributed by atoms with Gasteiger partial charge >= 0.3 is 0 Å². The molecular formula is C17H27IN4S2. The molecule has 0 radical (unpaired) electrons. The Morgan fingerprint density at radius 1 is 1.21 bits per heavy atom.